The van der Waals surface area contributed by atoms with Crippen molar-refractivity contribution < 1.29 is 14.3 Å². The summed E-state index contributed by atoms with van der Waals surface area (Å²) in [6.45, 7) is 1.63. The third kappa shape index (κ3) is 3.61. The zero-order valence-electron chi connectivity index (χ0n) is 14.8. The summed E-state index contributed by atoms with van der Waals surface area (Å²) >= 11 is 1.42. The van der Waals surface area contributed by atoms with Gasteiger partial charge >= 0.3 is 5.97 Å². The van der Waals surface area contributed by atoms with Crippen LogP contribution in [0.5, 0.6) is 0 Å². The SMILES string of the molecule is C[C@]1(C(=O)Nc2ncc(Cc3ccccc3)s2)Cc2ccccc2C(=O)O1. The normalized spacial score (nSPS) is 18.5. The number of amides is 1. The lowest BCUT2D eigenvalue weighted by molar-refractivity contribution is -0.134. The van der Waals surface area contributed by atoms with Crippen molar-refractivity contribution in [2.75, 3.05) is 5.32 Å². The lowest BCUT2D eigenvalue weighted by Gasteiger charge is -2.32. The van der Waals surface area contributed by atoms with Crippen molar-refractivity contribution in [1.29, 1.82) is 0 Å². The Labute approximate surface area is 161 Å². The molecule has 0 spiro atoms. The number of fused-ring (bicyclic) bond motifs is 1. The monoisotopic (exact) mass is 378 g/mol. The molecule has 3 aromatic rings. The van der Waals surface area contributed by atoms with Gasteiger partial charge in [0.05, 0.1) is 5.56 Å². The third-order valence-corrected chi connectivity index (χ3v) is 5.47. The van der Waals surface area contributed by atoms with E-state index in [0.717, 1.165) is 16.9 Å². The number of ether oxygens (including phenoxy) is 1. The van der Waals surface area contributed by atoms with E-state index in [0.29, 0.717) is 17.1 Å². The van der Waals surface area contributed by atoms with Crippen LogP contribution in [0.3, 0.4) is 0 Å². The van der Waals surface area contributed by atoms with Crippen LogP contribution in [0.1, 0.15) is 33.3 Å². The van der Waals surface area contributed by atoms with Crippen LogP contribution in [-0.4, -0.2) is 22.5 Å². The van der Waals surface area contributed by atoms with Crippen molar-refractivity contribution in [3.8, 4) is 0 Å². The molecule has 1 amide bonds. The number of carbonyl (C=O) groups excluding carboxylic acids is 2. The number of hydrogen-bond acceptors (Lipinski definition) is 5. The zero-order valence-corrected chi connectivity index (χ0v) is 15.6. The number of nitrogens with zero attached hydrogens (tertiary/aromatic N) is 1. The summed E-state index contributed by atoms with van der Waals surface area (Å²) in [6, 6.07) is 17.3. The molecule has 5 nitrogen and oxygen atoms in total. The summed E-state index contributed by atoms with van der Waals surface area (Å²) in [5.74, 6) is -0.843. The summed E-state index contributed by atoms with van der Waals surface area (Å²) in [6.07, 6.45) is 2.86. The number of nitrogens with one attached hydrogen (secondary N) is 1. The fourth-order valence-electron chi connectivity index (χ4n) is 3.13. The molecule has 1 aliphatic rings. The molecule has 1 atom stereocenters. The van der Waals surface area contributed by atoms with Gasteiger partial charge in [-0.2, -0.15) is 0 Å². The van der Waals surface area contributed by atoms with Crippen LogP contribution in [0, 0.1) is 0 Å². The highest BCUT2D eigenvalue weighted by molar-refractivity contribution is 7.15. The number of esters is 1. The second-order valence-electron chi connectivity index (χ2n) is 6.70. The van der Waals surface area contributed by atoms with E-state index in [4.69, 9.17) is 4.74 Å². The summed E-state index contributed by atoms with van der Waals surface area (Å²) < 4.78 is 5.46. The quantitative estimate of drug-likeness (QED) is 0.701. The Morgan fingerprint density at radius 3 is 2.74 bits per heavy atom. The highest BCUT2D eigenvalue weighted by Crippen LogP contribution is 2.30. The van der Waals surface area contributed by atoms with Crippen LogP contribution >= 0.6 is 11.3 Å². The maximum atomic E-state index is 12.8. The highest BCUT2D eigenvalue weighted by Gasteiger charge is 2.42. The van der Waals surface area contributed by atoms with Gasteiger partial charge in [0, 0.05) is 23.9 Å². The Bertz CT molecular complexity index is 999. The van der Waals surface area contributed by atoms with E-state index < -0.39 is 11.6 Å². The van der Waals surface area contributed by atoms with Crippen LogP contribution in [0.25, 0.3) is 0 Å². The van der Waals surface area contributed by atoms with Gasteiger partial charge in [-0.05, 0) is 24.1 Å². The minimum absolute atomic E-state index is 0.336. The summed E-state index contributed by atoms with van der Waals surface area (Å²) in [5, 5.41) is 3.30. The van der Waals surface area contributed by atoms with Crippen molar-refractivity contribution in [2.24, 2.45) is 0 Å². The number of carbonyl (C=O) groups is 2. The number of thiazole rings is 1. The molecule has 136 valence electrons. The van der Waals surface area contributed by atoms with E-state index in [2.05, 4.69) is 22.4 Å². The minimum Gasteiger partial charge on any atom is -0.445 e. The molecule has 0 saturated heterocycles. The molecule has 2 aromatic carbocycles. The Morgan fingerprint density at radius 2 is 1.93 bits per heavy atom. The first kappa shape index (κ1) is 17.4. The maximum Gasteiger partial charge on any atom is 0.339 e. The first-order valence-electron chi connectivity index (χ1n) is 8.65. The predicted molar refractivity (Wildman–Crippen MR) is 104 cm³/mol. The molecule has 0 aliphatic carbocycles. The Kier molecular flexibility index (Phi) is 4.49. The molecule has 1 aliphatic heterocycles. The van der Waals surface area contributed by atoms with Gasteiger partial charge in [-0.15, -0.1) is 11.3 Å². The lowest BCUT2D eigenvalue weighted by atomic mass is 9.89. The van der Waals surface area contributed by atoms with E-state index in [1.807, 2.05) is 30.3 Å². The van der Waals surface area contributed by atoms with E-state index in [9.17, 15) is 9.59 Å². The van der Waals surface area contributed by atoms with Gasteiger partial charge in [0.25, 0.3) is 5.91 Å². The second kappa shape index (κ2) is 6.96. The Morgan fingerprint density at radius 1 is 1.19 bits per heavy atom. The van der Waals surface area contributed by atoms with Crippen molar-refractivity contribution in [1.82, 2.24) is 4.98 Å². The summed E-state index contributed by atoms with van der Waals surface area (Å²) in [4.78, 5) is 30.4. The van der Waals surface area contributed by atoms with Gasteiger partial charge in [0.1, 0.15) is 0 Å². The molecule has 0 saturated carbocycles. The van der Waals surface area contributed by atoms with E-state index in [1.165, 1.54) is 16.9 Å². The molecular formula is C21H18N2O3S. The van der Waals surface area contributed by atoms with E-state index in [1.54, 1.807) is 25.3 Å². The highest BCUT2D eigenvalue weighted by atomic mass is 32.1. The van der Waals surface area contributed by atoms with Crippen LogP contribution in [0.4, 0.5) is 5.13 Å². The summed E-state index contributed by atoms with van der Waals surface area (Å²) in [7, 11) is 0. The fourth-order valence-corrected chi connectivity index (χ4v) is 3.97. The van der Waals surface area contributed by atoms with E-state index >= 15 is 0 Å². The molecule has 0 radical (unpaired) electrons. The lowest BCUT2D eigenvalue weighted by Crippen LogP contribution is -2.48. The molecule has 4 rings (SSSR count). The van der Waals surface area contributed by atoms with Crippen LogP contribution in [0.2, 0.25) is 0 Å². The number of rotatable bonds is 4. The molecule has 27 heavy (non-hydrogen) atoms. The van der Waals surface area contributed by atoms with Crippen LogP contribution in [-0.2, 0) is 22.4 Å². The topological polar surface area (TPSA) is 68.3 Å². The van der Waals surface area contributed by atoms with Gasteiger partial charge < -0.3 is 4.74 Å². The second-order valence-corrected chi connectivity index (χ2v) is 7.82. The van der Waals surface area contributed by atoms with Crippen molar-refractivity contribution in [3.05, 3.63) is 82.4 Å². The number of hydrogen-bond donors (Lipinski definition) is 1. The van der Waals surface area contributed by atoms with Crippen molar-refractivity contribution in [2.45, 2.75) is 25.4 Å². The van der Waals surface area contributed by atoms with Gasteiger partial charge in [-0.3, -0.25) is 10.1 Å². The Balaban J connectivity index is 1.47. The largest absolute Gasteiger partial charge is 0.445 e. The number of benzene rings is 2. The zero-order chi connectivity index (χ0) is 18.9. The standard InChI is InChI=1S/C21H18N2O3S/c1-21(12-15-9-5-6-10-17(15)18(24)26-21)19(25)23-20-22-13-16(27-20)11-14-7-3-2-4-8-14/h2-10,13H,11-12H2,1H3,(H,22,23,25)/t21-/m1/s1. The van der Waals surface area contributed by atoms with Gasteiger partial charge in [-0.1, -0.05) is 48.5 Å². The minimum atomic E-state index is -1.25. The first-order valence-corrected chi connectivity index (χ1v) is 9.46. The van der Waals surface area contributed by atoms with Crippen molar-refractivity contribution >= 4 is 28.3 Å². The molecule has 2 heterocycles. The molecule has 0 unspecified atom stereocenters. The van der Waals surface area contributed by atoms with Gasteiger partial charge in [0.2, 0.25) is 0 Å². The number of anilines is 1. The average Bonchev–Trinajstić information content (AvgIpc) is 3.09. The molecule has 0 fully saturated rings. The summed E-state index contributed by atoms with van der Waals surface area (Å²) in [5.41, 5.74) is 1.26. The van der Waals surface area contributed by atoms with Crippen LogP contribution in [0.15, 0.2) is 60.8 Å². The smallest absolute Gasteiger partial charge is 0.339 e. The van der Waals surface area contributed by atoms with Gasteiger partial charge in [0.15, 0.2) is 10.7 Å². The van der Waals surface area contributed by atoms with E-state index in [-0.39, 0.29) is 5.91 Å². The fraction of sp³-hybridized carbons (Fsp3) is 0.190. The molecule has 6 heteroatoms. The predicted octanol–water partition coefficient (Wildman–Crippen LogP) is 3.84. The third-order valence-electron chi connectivity index (χ3n) is 4.56. The number of cyclic esters (lactones) is 1. The average molecular weight is 378 g/mol. The first-order chi connectivity index (χ1) is 13.0. The maximum absolute atomic E-state index is 12.8. The number of aromatic nitrogens is 1. The molecule has 1 N–H and O–H groups in total. The van der Waals surface area contributed by atoms with Crippen LogP contribution < -0.4 is 5.32 Å². The van der Waals surface area contributed by atoms with Crippen molar-refractivity contribution in [3.63, 3.8) is 0 Å². The van der Waals surface area contributed by atoms with Gasteiger partial charge in [-0.25, -0.2) is 9.78 Å². The molecule has 1 aromatic heterocycles. The Hall–Kier alpha value is -2.99. The molecular weight excluding hydrogens is 360 g/mol. The molecule has 0 bridgehead atoms.